The predicted octanol–water partition coefficient (Wildman–Crippen LogP) is 1.99. The zero-order valence-electron chi connectivity index (χ0n) is 17.3. The van der Waals surface area contributed by atoms with Crippen LogP contribution in [0.5, 0.6) is 0 Å². The minimum absolute atomic E-state index is 0.109. The van der Waals surface area contributed by atoms with E-state index < -0.39 is 23.8 Å². The average Bonchev–Trinajstić information content (AvgIpc) is 2.82. The molecule has 2 aromatic carbocycles. The van der Waals surface area contributed by atoms with Crippen molar-refractivity contribution in [2.75, 3.05) is 25.2 Å². The van der Waals surface area contributed by atoms with Crippen molar-refractivity contribution in [1.29, 1.82) is 0 Å². The van der Waals surface area contributed by atoms with E-state index in [1.54, 1.807) is 60.7 Å². The summed E-state index contributed by atoms with van der Waals surface area (Å²) >= 11 is 1.75. The zero-order valence-corrected chi connectivity index (χ0v) is 18.9. The number of hydrogen-bond acceptors (Lipinski definition) is 8. The molecule has 2 rings (SSSR count). The van der Waals surface area contributed by atoms with E-state index in [2.05, 4.69) is 0 Å². The molecule has 0 fully saturated rings. The van der Waals surface area contributed by atoms with Crippen LogP contribution in [0, 0.1) is 0 Å². The molecule has 0 heterocycles. The van der Waals surface area contributed by atoms with E-state index in [-0.39, 0.29) is 28.3 Å². The molecular weight excluding hydrogens is 452 g/mol. The Hall–Kier alpha value is -3.11. The highest BCUT2D eigenvalue weighted by molar-refractivity contribution is 8.14. The molecule has 0 aliphatic carbocycles. The van der Waals surface area contributed by atoms with Crippen molar-refractivity contribution in [3.63, 3.8) is 0 Å². The Morgan fingerprint density at radius 1 is 0.875 bits per heavy atom. The summed E-state index contributed by atoms with van der Waals surface area (Å²) < 4.78 is 4.77. The highest BCUT2D eigenvalue weighted by atomic mass is 32.2. The smallest absolute Gasteiger partial charge is 0.329 e. The maximum atomic E-state index is 12.4. The van der Waals surface area contributed by atoms with Crippen LogP contribution in [0.15, 0.2) is 60.7 Å². The van der Waals surface area contributed by atoms with Crippen molar-refractivity contribution in [2.45, 2.75) is 6.04 Å². The van der Waals surface area contributed by atoms with Crippen LogP contribution in [0.4, 0.5) is 0 Å². The van der Waals surface area contributed by atoms with Gasteiger partial charge in [-0.15, -0.1) is 0 Å². The Kier molecular flexibility index (Phi) is 9.96. The summed E-state index contributed by atoms with van der Waals surface area (Å²) in [6.45, 7) is -0.120. The number of esters is 1. The Morgan fingerprint density at radius 3 is 1.84 bits per heavy atom. The van der Waals surface area contributed by atoms with Crippen LogP contribution in [0.3, 0.4) is 0 Å². The Balaban J connectivity index is 2.11. The highest BCUT2D eigenvalue weighted by Crippen LogP contribution is 2.18. The first-order valence-electron chi connectivity index (χ1n) is 9.47. The van der Waals surface area contributed by atoms with Gasteiger partial charge in [-0.2, -0.15) is 0 Å². The van der Waals surface area contributed by atoms with E-state index in [0.29, 0.717) is 11.1 Å². The summed E-state index contributed by atoms with van der Waals surface area (Å²) in [4.78, 5) is 62.0. The molecule has 0 aliphatic rings. The number of ether oxygens (including phenoxy) is 1. The fraction of sp³-hybridized carbons (Fsp3) is 0.227. The SMILES string of the molecule is COC(=O)C(CSC(=O)c1ccccc1)N(CCSC(=O)c1ccccc1)C(=O)C(N)=O. The van der Waals surface area contributed by atoms with Crippen LogP contribution in [-0.2, 0) is 19.1 Å². The molecule has 0 spiro atoms. The summed E-state index contributed by atoms with van der Waals surface area (Å²) in [5.41, 5.74) is 6.07. The molecular formula is C22H22N2O6S2. The lowest BCUT2D eigenvalue weighted by molar-refractivity contribution is -0.154. The van der Waals surface area contributed by atoms with Gasteiger partial charge in [-0.25, -0.2) is 4.79 Å². The first-order chi connectivity index (χ1) is 15.3. The minimum Gasteiger partial charge on any atom is -0.467 e. The quantitative estimate of drug-likeness (QED) is 0.432. The Bertz CT molecular complexity index is 969. The standard InChI is InChI=1S/C22H22N2O6S2/c1-30-20(27)17(14-32-22(29)16-10-6-3-7-11-16)24(19(26)18(23)25)12-13-31-21(28)15-8-4-2-5-9-15/h2-11,17H,12-14H2,1H3,(H2,23,25). The van der Waals surface area contributed by atoms with E-state index in [1.165, 1.54) is 0 Å². The third-order valence-corrected chi connectivity index (χ3v) is 6.14. The number of carbonyl (C=O) groups is 5. The second-order valence-electron chi connectivity index (χ2n) is 6.37. The van der Waals surface area contributed by atoms with Gasteiger partial charge in [-0.3, -0.25) is 19.2 Å². The topological polar surface area (TPSA) is 124 Å². The van der Waals surface area contributed by atoms with Crippen molar-refractivity contribution in [3.05, 3.63) is 71.8 Å². The van der Waals surface area contributed by atoms with Crippen molar-refractivity contribution >= 4 is 51.5 Å². The maximum absolute atomic E-state index is 12.4. The van der Waals surface area contributed by atoms with Crippen LogP contribution in [-0.4, -0.2) is 64.1 Å². The van der Waals surface area contributed by atoms with Crippen molar-refractivity contribution in [1.82, 2.24) is 4.90 Å². The van der Waals surface area contributed by atoms with E-state index in [4.69, 9.17) is 10.5 Å². The van der Waals surface area contributed by atoms with Gasteiger partial charge in [0.05, 0.1) is 7.11 Å². The third kappa shape index (κ3) is 7.24. The number of thioether (sulfide) groups is 2. The number of benzene rings is 2. The first-order valence-corrected chi connectivity index (χ1v) is 11.4. The summed E-state index contributed by atoms with van der Waals surface area (Å²) in [5, 5.41) is -0.528. The van der Waals surface area contributed by atoms with Crippen LogP contribution in [0.1, 0.15) is 20.7 Å². The summed E-state index contributed by atoms with van der Waals surface area (Å²) in [5.74, 6) is -3.18. The molecule has 2 amide bonds. The number of carbonyl (C=O) groups excluding carboxylic acids is 5. The third-order valence-electron chi connectivity index (χ3n) is 4.28. The lowest BCUT2D eigenvalue weighted by atomic mass is 10.2. The average molecular weight is 475 g/mol. The molecule has 0 aromatic heterocycles. The van der Waals surface area contributed by atoms with Crippen LogP contribution in [0.2, 0.25) is 0 Å². The summed E-state index contributed by atoms with van der Waals surface area (Å²) in [6, 6.07) is 15.7. The lowest BCUT2D eigenvalue weighted by Crippen LogP contribution is -2.52. The molecule has 1 unspecified atom stereocenters. The lowest BCUT2D eigenvalue weighted by Gasteiger charge is -2.28. The number of methoxy groups -OCH3 is 1. The molecule has 1 atom stereocenters. The van der Waals surface area contributed by atoms with Crippen LogP contribution in [0.25, 0.3) is 0 Å². The predicted molar refractivity (Wildman–Crippen MR) is 123 cm³/mol. The first kappa shape index (κ1) is 25.2. The molecule has 0 saturated carbocycles. The molecule has 168 valence electrons. The van der Waals surface area contributed by atoms with Gasteiger partial charge in [0, 0.05) is 29.2 Å². The molecule has 0 aliphatic heterocycles. The molecule has 0 radical (unpaired) electrons. The number of hydrogen-bond donors (Lipinski definition) is 1. The fourth-order valence-corrected chi connectivity index (χ4v) is 4.37. The van der Waals surface area contributed by atoms with Gasteiger partial charge in [-0.1, -0.05) is 84.2 Å². The molecule has 8 nitrogen and oxygen atoms in total. The monoisotopic (exact) mass is 474 g/mol. The van der Waals surface area contributed by atoms with Crippen LogP contribution >= 0.6 is 23.5 Å². The van der Waals surface area contributed by atoms with Gasteiger partial charge in [0.25, 0.3) is 0 Å². The minimum atomic E-state index is -1.25. The molecule has 32 heavy (non-hydrogen) atoms. The second kappa shape index (κ2) is 12.7. The van der Waals surface area contributed by atoms with Gasteiger partial charge < -0.3 is 15.4 Å². The number of nitrogens with two attached hydrogens (primary N) is 1. The fourth-order valence-electron chi connectivity index (χ4n) is 2.67. The highest BCUT2D eigenvalue weighted by Gasteiger charge is 2.33. The second-order valence-corrected chi connectivity index (χ2v) is 8.43. The molecule has 0 saturated heterocycles. The number of rotatable bonds is 9. The maximum Gasteiger partial charge on any atom is 0.329 e. The number of nitrogens with zero attached hydrogens (tertiary/aromatic N) is 1. The number of primary amides is 1. The van der Waals surface area contributed by atoms with Gasteiger partial charge in [0.15, 0.2) is 0 Å². The van der Waals surface area contributed by atoms with Crippen molar-refractivity contribution < 1.29 is 28.7 Å². The van der Waals surface area contributed by atoms with E-state index in [0.717, 1.165) is 35.5 Å². The normalized spacial score (nSPS) is 11.3. The van der Waals surface area contributed by atoms with Crippen molar-refractivity contribution in [3.8, 4) is 0 Å². The molecule has 2 aromatic rings. The van der Waals surface area contributed by atoms with Gasteiger partial charge in [0.1, 0.15) is 6.04 Å². The Morgan fingerprint density at radius 2 is 1.38 bits per heavy atom. The molecule has 10 heteroatoms. The van der Waals surface area contributed by atoms with E-state index in [9.17, 15) is 24.0 Å². The Labute approximate surface area is 193 Å². The molecule has 0 bridgehead atoms. The summed E-state index contributed by atoms with van der Waals surface area (Å²) in [6.07, 6.45) is 0. The summed E-state index contributed by atoms with van der Waals surface area (Å²) in [7, 11) is 1.14. The van der Waals surface area contributed by atoms with Gasteiger partial charge in [-0.05, 0) is 0 Å². The van der Waals surface area contributed by atoms with Crippen molar-refractivity contribution in [2.24, 2.45) is 5.73 Å². The van der Waals surface area contributed by atoms with E-state index in [1.807, 2.05) is 0 Å². The largest absolute Gasteiger partial charge is 0.467 e. The number of amides is 2. The molecule has 2 N–H and O–H groups in total. The van der Waals surface area contributed by atoms with Gasteiger partial charge in [0.2, 0.25) is 10.2 Å². The van der Waals surface area contributed by atoms with Gasteiger partial charge >= 0.3 is 17.8 Å². The van der Waals surface area contributed by atoms with Crippen LogP contribution < -0.4 is 5.73 Å². The zero-order chi connectivity index (χ0) is 23.5. The van der Waals surface area contributed by atoms with E-state index >= 15 is 0 Å².